The van der Waals surface area contributed by atoms with Crippen molar-refractivity contribution in [3.05, 3.63) is 71.9 Å². The topological polar surface area (TPSA) is 59.1 Å². The minimum absolute atomic E-state index is 0.589. The van der Waals surface area contributed by atoms with E-state index in [9.17, 15) is 0 Å². The number of aromatic nitrogens is 2. The summed E-state index contributed by atoms with van der Waals surface area (Å²) in [5.74, 6) is 2.20. The van der Waals surface area contributed by atoms with Gasteiger partial charge in [-0.25, -0.2) is 4.98 Å². The van der Waals surface area contributed by atoms with Crippen molar-refractivity contribution in [2.45, 2.75) is 19.9 Å². The number of hydrogen-bond donors (Lipinski definition) is 2. The van der Waals surface area contributed by atoms with Crippen LogP contribution in [0.5, 0.6) is 5.75 Å². The average Bonchev–Trinajstić information content (AvgIpc) is 2.68. The highest BCUT2D eigenvalue weighted by molar-refractivity contribution is 5.57. The predicted molar refractivity (Wildman–Crippen MR) is 101 cm³/mol. The summed E-state index contributed by atoms with van der Waals surface area (Å²) in [6.45, 7) is 2.80. The Balaban J connectivity index is 1.62. The van der Waals surface area contributed by atoms with Crippen molar-refractivity contribution in [1.82, 2.24) is 9.97 Å². The molecule has 5 nitrogen and oxygen atoms in total. The van der Waals surface area contributed by atoms with Crippen LogP contribution in [-0.2, 0) is 13.0 Å². The lowest BCUT2D eigenvalue weighted by Gasteiger charge is -2.09. The zero-order valence-corrected chi connectivity index (χ0v) is 14.5. The summed E-state index contributed by atoms with van der Waals surface area (Å²) < 4.78 is 5.17. The maximum absolute atomic E-state index is 5.17. The number of aryl methyl sites for hydroxylation is 1. The van der Waals surface area contributed by atoms with Crippen LogP contribution in [0.25, 0.3) is 0 Å². The first-order chi connectivity index (χ1) is 12.3. The van der Waals surface area contributed by atoms with E-state index in [2.05, 4.69) is 51.8 Å². The van der Waals surface area contributed by atoms with E-state index in [0.717, 1.165) is 29.2 Å². The third-order valence-corrected chi connectivity index (χ3v) is 3.90. The van der Waals surface area contributed by atoms with E-state index < -0.39 is 0 Å². The van der Waals surface area contributed by atoms with Crippen LogP contribution in [0.1, 0.15) is 18.1 Å². The number of anilines is 3. The summed E-state index contributed by atoms with van der Waals surface area (Å²) in [5, 5.41) is 6.54. The van der Waals surface area contributed by atoms with Crippen LogP contribution >= 0.6 is 0 Å². The Kier molecular flexibility index (Phi) is 5.46. The smallest absolute Gasteiger partial charge is 0.224 e. The van der Waals surface area contributed by atoms with Gasteiger partial charge in [-0.05, 0) is 47.9 Å². The predicted octanol–water partition coefficient (Wildman–Crippen LogP) is 4.40. The van der Waals surface area contributed by atoms with Crippen molar-refractivity contribution >= 4 is 17.5 Å². The Morgan fingerprint density at radius 1 is 0.920 bits per heavy atom. The van der Waals surface area contributed by atoms with E-state index in [4.69, 9.17) is 4.74 Å². The van der Waals surface area contributed by atoms with E-state index in [0.29, 0.717) is 12.5 Å². The van der Waals surface area contributed by atoms with E-state index in [1.807, 2.05) is 30.3 Å². The van der Waals surface area contributed by atoms with Gasteiger partial charge in [-0.3, -0.25) is 0 Å². The molecule has 2 aromatic carbocycles. The second-order valence-electron chi connectivity index (χ2n) is 5.64. The van der Waals surface area contributed by atoms with Crippen LogP contribution in [0, 0.1) is 0 Å². The Labute approximate surface area is 148 Å². The summed E-state index contributed by atoms with van der Waals surface area (Å²) >= 11 is 0. The van der Waals surface area contributed by atoms with Gasteiger partial charge in [0.25, 0.3) is 0 Å². The number of rotatable bonds is 7. The zero-order valence-electron chi connectivity index (χ0n) is 14.5. The van der Waals surface area contributed by atoms with E-state index in [1.54, 1.807) is 13.3 Å². The Morgan fingerprint density at radius 2 is 1.64 bits per heavy atom. The summed E-state index contributed by atoms with van der Waals surface area (Å²) in [5.41, 5.74) is 3.46. The largest absolute Gasteiger partial charge is 0.497 e. The van der Waals surface area contributed by atoms with Gasteiger partial charge in [-0.15, -0.1) is 0 Å². The van der Waals surface area contributed by atoms with Crippen LogP contribution < -0.4 is 15.4 Å². The molecule has 0 aliphatic rings. The van der Waals surface area contributed by atoms with Gasteiger partial charge < -0.3 is 15.4 Å². The van der Waals surface area contributed by atoms with Gasteiger partial charge >= 0.3 is 0 Å². The molecule has 0 radical (unpaired) electrons. The average molecular weight is 334 g/mol. The van der Waals surface area contributed by atoms with Crippen LogP contribution in [0.2, 0.25) is 0 Å². The fourth-order valence-corrected chi connectivity index (χ4v) is 2.41. The lowest BCUT2D eigenvalue weighted by Crippen LogP contribution is -2.05. The molecule has 3 aromatic rings. The molecular formula is C20H22N4O. The molecule has 128 valence electrons. The summed E-state index contributed by atoms with van der Waals surface area (Å²) in [4.78, 5) is 8.77. The molecular weight excluding hydrogens is 312 g/mol. The van der Waals surface area contributed by atoms with Crippen LogP contribution in [0.4, 0.5) is 17.5 Å². The molecule has 3 rings (SSSR count). The molecule has 1 aromatic heterocycles. The first-order valence-corrected chi connectivity index (χ1v) is 8.32. The van der Waals surface area contributed by atoms with Gasteiger partial charge in [-0.1, -0.05) is 31.2 Å². The van der Waals surface area contributed by atoms with Gasteiger partial charge in [0.05, 0.1) is 7.11 Å². The highest BCUT2D eigenvalue weighted by Gasteiger charge is 2.01. The van der Waals surface area contributed by atoms with Gasteiger partial charge in [0, 0.05) is 18.4 Å². The first kappa shape index (κ1) is 16.8. The van der Waals surface area contributed by atoms with Gasteiger partial charge in [0.15, 0.2) is 0 Å². The highest BCUT2D eigenvalue weighted by atomic mass is 16.5. The molecule has 0 saturated carbocycles. The minimum Gasteiger partial charge on any atom is -0.497 e. The third kappa shape index (κ3) is 4.70. The fraction of sp³-hybridized carbons (Fsp3) is 0.200. The molecule has 0 aliphatic carbocycles. The van der Waals surface area contributed by atoms with Crippen molar-refractivity contribution < 1.29 is 4.74 Å². The molecule has 5 heteroatoms. The number of nitrogens with zero attached hydrogens (tertiary/aromatic N) is 2. The Bertz CT molecular complexity index is 801. The molecule has 25 heavy (non-hydrogen) atoms. The maximum atomic E-state index is 5.17. The first-order valence-electron chi connectivity index (χ1n) is 8.32. The molecule has 0 amide bonds. The van der Waals surface area contributed by atoms with E-state index in [1.165, 1.54) is 5.56 Å². The fourth-order valence-electron chi connectivity index (χ4n) is 2.41. The summed E-state index contributed by atoms with van der Waals surface area (Å²) in [7, 11) is 1.66. The van der Waals surface area contributed by atoms with E-state index >= 15 is 0 Å². The lowest BCUT2D eigenvalue weighted by molar-refractivity contribution is 0.414. The standard InChI is InChI=1S/C20H22N4O/c1-3-15-4-8-17(9-5-15)23-19-12-13-21-20(24-19)22-14-16-6-10-18(25-2)11-7-16/h4-13H,3,14H2,1-2H3,(H2,21,22,23,24). The Hall–Kier alpha value is -3.08. The minimum atomic E-state index is 0.589. The number of hydrogen-bond acceptors (Lipinski definition) is 5. The van der Waals surface area contributed by atoms with Crippen molar-refractivity contribution in [1.29, 1.82) is 0 Å². The van der Waals surface area contributed by atoms with Crippen LogP contribution in [0.15, 0.2) is 60.8 Å². The number of ether oxygens (including phenoxy) is 1. The normalized spacial score (nSPS) is 10.3. The van der Waals surface area contributed by atoms with Crippen LogP contribution in [-0.4, -0.2) is 17.1 Å². The number of nitrogens with one attached hydrogen (secondary N) is 2. The second-order valence-corrected chi connectivity index (χ2v) is 5.64. The number of benzene rings is 2. The third-order valence-electron chi connectivity index (χ3n) is 3.90. The summed E-state index contributed by atoms with van der Waals surface area (Å²) in [6.07, 6.45) is 2.78. The van der Waals surface area contributed by atoms with Crippen molar-refractivity contribution in [2.24, 2.45) is 0 Å². The monoisotopic (exact) mass is 334 g/mol. The lowest BCUT2D eigenvalue weighted by atomic mass is 10.1. The zero-order chi connectivity index (χ0) is 17.5. The molecule has 0 bridgehead atoms. The second kappa shape index (κ2) is 8.15. The number of methoxy groups -OCH3 is 1. The van der Waals surface area contributed by atoms with Crippen molar-refractivity contribution in [3.8, 4) is 5.75 Å². The summed E-state index contributed by atoms with van der Waals surface area (Å²) in [6, 6.07) is 18.1. The van der Waals surface area contributed by atoms with E-state index in [-0.39, 0.29) is 0 Å². The molecule has 0 aliphatic heterocycles. The van der Waals surface area contributed by atoms with Crippen molar-refractivity contribution in [2.75, 3.05) is 17.7 Å². The Morgan fingerprint density at radius 3 is 2.32 bits per heavy atom. The molecule has 0 spiro atoms. The van der Waals surface area contributed by atoms with Gasteiger partial charge in [0.2, 0.25) is 5.95 Å². The molecule has 0 unspecified atom stereocenters. The molecule has 2 N–H and O–H groups in total. The maximum Gasteiger partial charge on any atom is 0.224 e. The highest BCUT2D eigenvalue weighted by Crippen LogP contribution is 2.17. The van der Waals surface area contributed by atoms with Crippen LogP contribution in [0.3, 0.4) is 0 Å². The molecule has 0 atom stereocenters. The molecule has 0 saturated heterocycles. The SMILES string of the molecule is CCc1ccc(Nc2ccnc(NCc3ccc(OC)cc3)n2)cc1. The quantitative estimate of drug-likeness (QED) is 0.670. The molecule has 0 fully saturated rings. The van der Waals surface area contributed by atoms with Gasteiger partial charge in [0.1, 0.15) is 11.6 Å². The van der Waals surface area contributed by atoms with Gasteiger partial charge in [-0.2, -0.15) is 4.98 Å². The molecule has 1 heterocycles. The van der Waals surface area contributed by atoms with Crippen molar-refractivity contribution in [3.63, 3.8) is 0 Å².